The lowest BCUT2D eigenvalue weighted by Gasteiger charge is -2.07. The highest BCUT2D eigenvalue weighted by Gasteiger charge is 2.33. The molecule has 1 amide bonds. The first-order valence-electron chi connectivity index (χ1n) is 3.45. The van der Waals surface area contributed by atoms with E-state index in [0.29, 0.717) is 6.07 Å². The molecule has 0 atom stereocenters. The Labute approximate surface area is 76.7 Å². The van der Waals surface area contributed by atoms with Crippen molar-refractivity contribution in [2.24, 2.45) is 5.73 Å². The van der Waals surface area contributed by atoms with Crippen molar-refractivity contribution in [1.29, 1.82) is 0 Å². The first kappa shape index (κ1) is 10.3. The number of nitrogens with zero attached hydrogens (tertiary/aromatic N) is 1. The molecule has 1 heterocycles. The zero-order valence-electron chi connectivity index (χ0n) is 6.80. The number of aromatic nitrogens is 1. The van der Waals surface area contributed by atoms with Gasteiger partial charge in [0.05, 0.1) is 0 Å². The van der Waals surface area contributed by atoms with Gasteiger partial charge in [-0.2, -0.15) is 13.2 Å². The summed E-state index contributed by atoms with van der Waals surface area (Å²) >= 11 is 0. The molecule has 0 aromatic carbocycles. The van der Waals surface area contributed by atoms with Crippen LogP contribution in [-0.4, -0.2) is 10.9 Å². The maximum absolute atomic E-state index is 12.1. The number of carbonyl (C=O) groups is 1. The van der Waals surface area contributed by atoms with Crippen molar-refractivity contribution in [3.8, 4) is 0 Å². The fraction of sp³-hybridized carbons (Fsp3) is 0.143. The van der Waals surface area contributed by atoms with Crippen LogP contribution in [0.2, 0.25) is 0 Å². The summed E-state index contributed by atoms with van der Waals surface area (Å²) in [7, 11) is 0. The third-order valence-corrected chi connectivity index (χ3v) is 1.42. The molecule has 0 aliphatic rings. The number of halogens is 3. The van der Waals surface area contributed by atoms with E-state index in [1.165, 1.54) is 0 Å². The van der Waals surface area contributed by atoms with Gasteiger partial charge < -0.3 is 11.5 Å². The fourth-order valence-corrected chi connectivity index (χ4v) is 0.839. The fourth-order valence-electron chi connectivity index (χ4n) is 0.839. The van der Waals surface area contributed by atoms with Crippen LogP contribution in [-0.2, 0) is 6.18 Å². The molecule has 0 aliphatic carbocycles. The van der Waals surface area contributed by atoms with Gasteiger partial charge in [-0.15, -0.1) is 0 Å². The zero-order valence-corrected chi connectivity index (χ0v) is 6.80. The Morgan fingerprint density at radius 1 is 1.36 bits per heavy atom. The maximum atomic E-state index is 12.1. The molecule has 0 unspecified atom stereocenters. The van der Waals surface area contributed by atoms with Crippen molar-refractivity contribution in [2.45, 2.75) is 6.18 Å². The Morgan fingerprint density at radius 2 is 1.93 bits per heavy atom. The van der Waals surface area contributed by atoms with Crippen LogP contribution in [0.25, 0.3) is 0 Å². The number of alkyl halides is 3. The van der Waals surface area contributed by atoms with Crippen LogP contribution >= 0.6 is 0 Å². The Morgan fingerprint density at radius 3 is 2.36 bits per heavy atom. The summed E-state index contributed by atoms with van der Waals surface area (Å²) in [6.45, 7) is 0. The highest BCUT2D eigenvalue weighted by Crippen LogP contribution is 2.28. The molecule has 4 nitrogen and oxygen atoms in total. The summed E-state index contributed by atoms with van der Waals surface area (Å²) in [6.07, 6.45) is -4.64. The second kappa shape index (κ2) is 3.17. The van der Waals surface area contributed by atoms with E-state index >= 15 is 0 Å². The zero-order chi connectivity index (χ0) is 10.9. The van der Waals surface area contributed by atoms with Crippen LogP contribution in [0.1, 0.15) is 16.1 Å². The van der Waals surface area contributed by atoms with E-state index < -0.39 is 23.6 Å². The summed E-state index contributed by atoms with van der Waals surface area (Å²) in [6, 6.07) is 1.54. The summed E-state index contributed by atoms with van der Waals surface area (Å²) in [5.41, 5.74) is 8.33. The van der Waals surface area contributed by atoms with Crippen LogP contribution < -0.4 is 11.5 Å². The van der Waals surface area contributed by atoms with Crippen molar-refractivity contribution in [3.63, 3.8) is 0 Å². The average Bonchev–Trinajstić information content (AvgIpc) is 2.01. The van der Waals surface area contributed by atoms with Gasteiger partial charge in [-0.25, -0.2) is 4.98 Å². The lowest BCUT2D eigenvalue weighted by atomic mass is 10.2. The molecule has 0 radical (unpaired) electrons. The molecule has 1 rings (SSSR count). The van der Waals surface area contributed by atoms with E-state index in [2.05, 4.69) is 4.98 Å². The molecule has 76 valence electrons. The summed E-state index contributed by atoms with van der Waals surface area (Å²) in [5, 5.41) is 0. The number of amides is 1. The lowest BCUT2D eigenvalue weighted by Crippen LogP contribution is -2.16. The van der Waals surface area contributed by atoms with Gasteiger partial charge in [0.15, 0.2) is 0 Å². The maximum Gasteiger partial charge on any atom is 0.433 e. The minimum Gasteiger partial charge on any atom is -0.384 e. The van der Waals surface area contributed by atoms with Gasteiger partial charge in [-0.05, 0) is 12.1 Å². The van der Waals surface area contributed by atoms with Gasteiger partial charge in [0, 0.05) is 5.56 Å². The molecular formula is C7H6F3N3O. The van der Waals surface area contributed by atoms with E-state index in [4.69, 9.17) is 11.5 Å². The molecule has 7 heteroatoms. The highest BCUT2D eigenvalue weighted by molar-refractivity contribution is 5.93. The number of hydrogen-bond donors (Lipinski definition) is 2. The van der Waals surface area contributed by atoms with Gasteiger partial charge in [0.2, 0.25) is 5.91 Å². The molecule has 0 bridgehead atoms. The second-order valence-corrected chi connectivity index (χ2v) is 2.53. The number of rotatable bonds is 1. The number of anilines is 1. The van der Waals surface area contributed by atoms with Crippen molar-refractivity contribution in [2.75, 3.05) is 5.73 Å². The van der Waals surface area contributed by atoms with E-state index in [1.807, 2.05) is 0 Å². The molecule has 0 saturated heterocycles. The van der Waals surface area contributed by atoms with Gasteiger partial charge in [0.1, 0.15) is 11.5 Å². The van der Waals surface area contributed by atoms with Crippen LogP contribution in [0, 0.1) is 0 Å². The van der Waals surface area contributed by atoms with E-state index in [9.17, 15) is 18.0 Å². The van der Waals surface area contributed by atoms with E-state index in [-0.39, 0.29) is 5.56 Å². The van der Waals surface area contributed by atoms with Gasteiger partial charge in [-0.1, -0.05) is 0 Å². The van der Waals surface area contributed by atoms with Crippen molar-refractivity contribution < 1.29 is 18.0 Å². The Balaban J connectivity index is 3.28. The number of nitrogens with two attached hydrogens (primary N) is 2. The quantitative estimate of drug-likeness (QED) is 0.710. The minimum atomic E-state index is -4.64. The van der Waals surface area contributed by atoms with Crippen LogP contribution in [0.4, 0.5) is 19.0 Å². The van der Waals surface area contributed by atoms with Gasteiger partial charge in [-0.3, -0.25) is 4.79 Å². The van der Waals surface area contributed by atoms with Crippen molar-refractivity contribution >= 4 is 11.7 Å². The average molecular weight is 205 g/mol. The van der Waals surface area contributed by atoms with Crippen molar-refractivity contribution in [3.05, 3.63) is 23.4 Å². The molecular weight excluding hydrogens is 199 g/mol. The molecule has 14 heavy (non-hydrogen) atoms. The van der Waals surface area contributed by atoms with E-state index in [0.717, 1.165) is 6.07 Å². The molecule has 0 aliphatic heterocycles. The van der Waals surface area contributed by atoms with Gasteiger partial charge in [0.25, 0.3) is 0 Å². The predicted molar refractivity (Wildman–Crippen MR) is 42.2 cm³/mol. The number of primary amides is 1. The molecule has 1 aromatic rings. The summed E-state index contributed by atoms with van der Waals surface area (Å²) < 4.78 is 36.4. The Hall–Kier alpha value is -1.79. The molecule has 0 fully saturated rings. The molecule has 4 N–H and O–H groups in total. The summed E-state index contributed by atoms with van der Waals surface area (Å²) in [5.74, 6) is -1.38. The van der Waals surface area contributed by atoms with Crippen LogP contribution in [0.15, 0.2) is 12.1 Å². The Bertz CT molecular complexity index is 375. The number of hydrogen-bond acceptors (Lipinski definition) is 3. The van der Waals surface area contributed by atoms with Gasteiger partial charge >= 0.3 is 6.18 Å². The first-order valence-corrected chi connectivity index (χ1v) is 3.45. The van der Waals surface area contributed by atoms with Crippen LogP contribution in [0.3, 0.4) is 0 Å². The summed E-state index contributed by atoms with van der Waals surface area (Å²) in [4.78, 5) is 13.6. The minimum absolute atomic E-state index is 0.315. The number of pyridine rings is 1. The largest absolute Gasteiger partial charge is 0.433 e. The monoisotopic (exact) mass is 205 g/mol. The SMILES string of the molecule is NC(=O)c1cc(N)nc(C(F)(F)F)c1. The Kier molecular flexibility index (Phi) is 2.33. The second-order valence-electron chi connectivity index (χ2n) is 2.53. The molecule has 1 aromatic heterocycles. The third kappa shape index (κ3) is 2.12. The van der Waals surface area contributed by atoms with E-state index in [1.54, 1.807) is 0 Å². The normalized spacial score (nSPS) is 11.4. The molecule has 0 saturated carbocycles. The van der Waals surface area contributed by atoms with Crippen molar-refractivity contribution in [1.82, 2.24) is 4.98 Å². The highest BCUT2D eigenvalue weighted by atomic mass is 19.4. The first-order chi connectivity index (χ1) is 6.30. The smallest absolute Gasteiger partial charge is 0.384 e. The molecule has 0 spiro atoms. The standard InChI is InChI=1S/C7H6F3N3O/c8-7(9,10)4-1-3(6(12)14)2-5(11)13-4/h1-2H,(H2,11,13)(H2,12,14). The predicted octanol–water partition coefficient (Wildman–Crippen LogP) is 0.782. The van der Waals surface area contributed by atoms with Crippen LogP contribution in [0.5, 0.6) is 0 Å². The topological polar surface area (TPSA) is 82.0 Å². The third-order valence-electron chi connectivity index (χ3n) is 1.42. The lowest BCUT2D eigenvalue weighted by molar-refractivity contribution is -0.141. The number of carbonyl (C=O) groups excluding carboxylic acids is 1. The number of nitrogen functional groups attached to an aromatic ring is 1.